The number of rotatable bonds is 6. The smallest absolute Gasteiger partial charge is 0.314 e. The molecular formula is C21H28N6O2. The summed E-state index contributed by atoms with van der Waals surface area (Å²) in [5.74, 6) is 0.492. The van der Waals surface area contributed by atoms with Crippen LogP contribution in [0.5, 0.6) is 0 Å². The first kappa shape index (κ1) is 19.4. The molecule has 3 aliphatic heterocycles. The van der Waals surface area contributed by atoms with Crippen molar-refractivity contribution >= 4 is 17.9 Å². The highest BCUT2D eigenvalue weighted by molar-refractivity contribution is 6.05. The van der Waals surface area contributed by atoms with E-state index in [1.165, 1.54) is 10.5 Å². The van der Waals surface area contributed by atoms with E-state index >= 15 is 0 Å². The number of carbonyl (C=O) groups is 2. The van der Waals surface area contributed by atoms with Gasteiger partial charge in [-0.3, -0.25) is 15.0 Å². The Bertz CT molecular complexity index is 880. The second kappa shape index (κ2) is 7.51. The third-order valence-electron chi connectivity index (χ3n) is 5.99. The Morgan fingerprint density at radius 3 is 2.59 bits per heavy atom. The molecule has 3 heterocycles. The van der Waals surface area contributed by atoms with Crippen molar-refractivity contribution in [2.45, 2.75) is 39.0 Å². The minimum absolute atomic E-state index is 0.284. The molecule has 1 fully saturated rings. The lowest BCUT2D eigenvalue weighted by Gasteiger charge is -2.35. The van der Waals surface area contributed by atoms with Gasteiger partial charge < -0.3 is 14.7 Å². The van der Waals surface area contributed by atoms with Crippen molar-refractivity contribution in [3.63, 3.8) is 0 Å². The number of urea groups is 1. The van der Waals surface area contributed by atoms with Gasteiger partial charge >= 0.3 is 6.03 Å². The van der Waals surface area contributed by atoms with E-state index in [1.54, 1.807) is 7.05 Å². The van der Waals surface area contributed by atoms with Gasteiger partial charge in [-0.1, -0.05) is 30.3 Å². The lowest BCUT2D eigenvalue weighted by molar-refractivity contribution is -0.126. The Labute approximate surface area is 171 Å². The number of nitrogens with one attached hydrogen (secondary N) is 1. The quantitative estimate of drug-likeness (QED) is 0.791. The molecule has 0 spiro atoms. The van der Waals surface area contributed by atoms with Crippen LogP contribution in [0.1, 0.15) is 25.8 Å². The SMILES string of the molecule is CC1=C(C)N2C(=NC3C2C(=O)NC(=O)N3C)N1CCCN(C)Cc1ccccc1. The summed E-state index contributed by atoms with van der Waals surface area (Å²) >= 11 is 0. The highest BCUT2D eigenvalue weighted by Crippen LogP contribution is 2.36. The number of amides is 3. The summed E-state index contributed by atoms with van der Waals surface area (Å²) in [5, 5.41) is 2.43. The number of aliphatic imine (C=N–C) groups is 1. The Morgan fingerprint density at radius 2 is 1.86 bits per heavy atom. The number of benzene rings is 1. The molecule has 8 nitrogen and oxygen atoms in total. The van der Waals surface area contributed by atoms with Crippen LogP contribution < -0.4 is 5.32 Å². The molecule has 0 radical (unpaired) electrons. The first-order valence-electron chi connectivity index (χ1n) is 10.0. The molecule has 154 valence electrons. The van der Waals surface area contributed by atoms with Crippen LogP contribution >= 0.6 is 0 Å². The molecule has 1 saturated heterocycles. The standard InChI is InChI=1S/C21H28N6O2/c1-14-15(2)27-17-18(25(4)21(29)23-19(17)28)22-20(27)26(14)12-8-11-24(3)13-16-9-6-5-7-10-16/h5-7,9-10,17-18H,8,11-13H2,1-4H3,(H,23,28,29). The van der Waals surface area contributed by atoms with Crippen LogP contribution in [0, 0.1) is 0 Å². The molecule has 1 aromatic carbocycles. The van der Waals surface area contributed by atoms with Gasteiger partial charge in [0.25, 0.3) is 5.91 Å². The monoisotopic (exact) mass is 396 g/mol. The van der Waals surface area contributed by atoms with Gasteiger partial charge in [0.05, 0.1) is 0 Å². The van der Waals surface area contributed by atoms with Gasteiger partial charge in [-0.25, -0.2) is 9.79 Å². The number of fused-ring (bicyclic) bond motifs is 3. The first-order valence-corrected chi connectivity index (χ1v) is 10.0. The number of allylic oxidation sites excluding steroid dienone is 2. The molecule has 3 aliphatic rings. The van der Waals surface area contributed by atoms with E-state index < -0.39 is 18.2 Å². The number of guanidine groups is 1. The van der Waals surface area contributed by atoms with Crippen molar-refractivity contribution in [3.8, 4) is 0 Å². The van der Waals surface area contributed by atoms with Gasteiger partial charge in [0.2, 0.25) is 5.96 Å². The number of imide groups is 1. The van der Waals surface area contributed by atoms with E-state index in [1.807, 2.05) is 17.9 Å². The van der Waals surface area contributed by atoms with Crippen molar-refractivity contribution in [1.82, 2.24) is 24.9 Å². The van der Waals surface area contributed by atoms with Gasteiger partial charge in [0, 0.05) is 31.5 Å². The molecule has 3 amide bonds. The lowest BCUT2D eigenvalue weighted by Crippen LogP contribution is -2.63. The van der Waals surface area contributed by atoms with Crippen molar-refractivity contribution in [3.05, 3.63) is 47.3 Å². The fourth-order valence-electron chi connectivity index (χ4n) is 4.27. The van der Waals surface area contributed by atoms with Crippen LogP contribution in [0.15, 0.2) is 46.7 Å². The average Bonchev–Trinajstić information content (AvgIpc) is 3.19. The summed E-state index contributed by atoms with van der Waals surface area (Å²) in [4.78, 5) is 37.2. The van der Waals surface area contributed by atoms with Gasteiger partial charge in [0.1, 0.15) is 0 Å². The lowest BCUT2D eigenvalue weighted by atomic mass is 10.1. The van der Waals surface area contributed by atoms with E-state index in [2.05, 4.69) is 53.4 Å². The first-order chi connectivity index (χ1) is 13.9. The minimum atomic E-state index is -0.492. The van der Waals surface area contributed by atoms with Crippen LogP contribution in [-0.4, -0.2) is 76.9 Å². The number of hydrogen-bond acceptors (Lipinski definition) is 6. The zero-order valence-corrected chi connectivity index (χ0v) is 17.4. The molecule has 0 aromatic heterocycles. The van der Waals surface area contributed by atoms with Crippen molar-refractivity contribution < 1.29 is 9.59 Å². The molecule has 4 rings (SSSR count). The van der Waals surface area contributed by atoms with Gasteiger partial charge in [-0.15, -0.1) is 0 Å². The normalized spacial score (nSPS) is 23.6. The van der Waals surface area contributed by atoms with E-state index in [0.717, 1.165) is 43.4 Å². The van der Waals surface area contributed by atoms with Crippen molar-refractivity contribution in [2.24, 2.45) is 4.99 Å². The predicted octanol–water partition coefficient (Wildman–Crippen LogP) is 1.62. The number of nitrogens with zero attached hydrogens (tertiary/aromatic N) is 5. The Hall–Kier alpha value is -2.87. The molecule has 1 N–H and O–H groups in total. The summed E-state index contributed by atoms with van der Waals surface area (Å²) in [5.41, 5.74) is 3.43. The predicted molar refractivity (Wildman–Crippen MR) is 111 cm³/mol. The Kier molecular flexibility index (Phi) is 5.04. The van der Waals surface area contributed by atoms with E-state index in [-0.39, 0.29) is 5.91 Å². The van der Waals surface area contributed by atoms with Crippen molar-refractivity contribution in [1.29, 1.82) is 0 Å². The zero-order valence-electron chi connectivity index (χ0n) is 17.4. The van der Waals surface area contributed by atoms with Crippen LogP contribution in [0.4, 0.5) is 4.79 Å². The van der Waals surface area contributed by atoms with Crippen molar-refractivity contribution in [2.75, 3.05) is 27.2 Å². The molecule has 2 atom stereocenters. The molecule has 29 heavy (non-hydrogen) atoms. The minimum Gasteiger partial charge on any atom is -0.314 e. The van der Waals surface area contributed by atoms with E-state index in [9.17, 15) is 9.59 Å². The van der Waals surface area contributed by atoms with Gasteiger partial charge in [-0.2, -0.15) is 0 Å². The Balaban J connectivity index is 1.42. The number of likely N-dealkylation sites (N-methyl/N-ethyl adjacent to an activating group) is 1. The summed E-state index contributed by atoms with van der Waals surface area (Å²) in [7, 11) is 3.81. The average molecular weight is 396 g/mol. The van der Waals surface area contributed by atoms with Crippen LogP contribution in [0.2, 0.25) is 0 Å². The van der Waals surface area contributed by atoms with E-state index in [0.29, 0.717) is 0 Å². The molecule has 8 heteroatoms. The summed E-state index contributed by atoms with van der Waals surface area (Å²) in [6.07, 6.45) is 0.495. The number of carbonyl (C=O) groups excluding carboxylic acids is 2. The topological polar surface area (TPSA) is 71.5 Å². The number of hydrogen-bond donors (Lipinski definition) is 1. The molecule has 0 aliphatic carbocycles. The molecule has 0 bridgehead atoms. The largest absolute Gasteiger partial charge is 0.325 e. The third-order valence-corrected chi connectivity index (χ3v) is 5.99. The summed E-state index contributed by atoms with van der Waals surface area (Å²) in [6.45, 7) is 6.76. The highest BCUT2D eigenvalue weighted by atomic mass is 16.2. The summed E-state index contributed by atoms with van der Waals surface area (Å²) < 4.78 is 0. The van der Waals surface area contributed by atoms with Gasteiger partial charge in [0.15, 0.2) is 12.2 Å². The maximum atomic E-state index is 12.5. The van der Waals surface area contributed by atoms with Crippen LogP contribution in [-0.2, 0) is 11.3 Å². The zero-order chi connectivity index (χ0) is 20.7. The summed E-state index contributed by atoms with van der Waals surface area (Å²) in [6, 6.07) is 9.56. The fourth-order valence-corrected chi connectivity index (χ4v) is 4.27. The van der Waals surface area contributed by atoms with Crippen LogP contribution in [0.3, 0.4) is 0 Å². The molecule has 1 aromatic rings. The maximum absolute atomic E-state index is 12.5. The second-order valence-electron chi connectivity index (χ2n) is 7.96. The molecular weight excluding hydrogens is 368 g/mol. The van der Waals surface area contributed by atoms with E-state index in [4.69, 9.17) is 4.99 Å². The maximum Gasteiger partial charge on any atom is 0.325 e. The fraction of sp³-hybridized carbons (Fsp3) is 0.476. The third kappa shape index (κ3) is 3.37. The second-order valence-corrected chi connectivity index (χ2v) is 7.96. The van der Waals surface area contributed by atoms with Gasteiger partial charge in [-0.05, 0) is 39.4 Å². The molecule has 2 unspecified atom stereocenters. The molecule has 0 saturated carbocycles. The Morgan fingerprint density at radius 1 is 1.14 bits per heavy atom. The highest BCUT2D eigenvalue weighted by Gasteiger charge is 2.52. The van der Waals surface area contributed by atoms with Crippen LogP contribution in [0.25, 0.3) is 0 Å².